The van der Waals surface area contributed by atoms with Crippen molar-refractivity contribution in [1.82, 2.24) is 14.8 Å². The Morgan fingerprint density at radius 3 is 3.20 bits per heavy atom. The van der Waals surface area contributed by atoms with Gasteiger partial charge in [-0.2, -0.15) is 0 Å². The number of hydrogen-bond acceptors (Lipinski definition) is 3. The first-order valence-electron chi connectivity index (χ1n) is 2.85. The van der Waals surface area contributed by atoms with E-state index in [2.05, 4.69) is 10.3 Å². The monoisotopic (exact) mass is 135 g/mol. The van der Waals surface area contributed by atoms with E-state index in [1.807, 2.05) is 0 Å². The predicted molar refractivity (Wildman–Crippen MR) is 34.7 cm³/mol. The summed E-state index contributed by atoms with van der Waals surface area (Å²) in [5.41, 5.74) is 0.840. The lowest BCUT2D eigenvalue weighted by Crippen LogP contribution is -1.89. The van der Waals surface area contributed by atoms with Gasteiger partial charge in [0.15, 0.2) is 0 Å². The van der Waals surface area contributed by atoms with Crippen LogP contribution in [0.15, 0.2) is 24.5 Å². The maximum Gasteiger partial charge on any atom is 0.136 e. The molecule has 0 bridgehead atoms. The van der Waals surface area contributed by atoms with E-state index >= 15 is 0 Å². The molecule has 0 aliphatic carbocycles. The molecule has 10 heavy (non-hydrogen) atoms. The Balaban J connectivity index is 2.88. The van der Waals surface area contributed by atoms with Crippen LogP contribution < -0.4 is 0 Å². The number of aromatic nitrogens is 3. The van der Waals surface area contributed by atoms with E-state index in [4.69, 9.17) is 5.11 Å². The molecule has 0 saturated heterocycles. The largest absolute Gasteiger partial charge is 0.506 e. The Kier molecular flexibility index (Phi) is 0.887. The zero-order valence-corrected chi connectivity index (χ0v) is 5.10. The first kappa shape index (κ1) is 5.22. The number of aromatic hydroxyl groups is 1. The smallest absolute Gasteiger partial charge is 0.136 e. The van der Waals surface area contributed by atoms with Gasteiger partial charge in [-0.3, -0.25) is 0 Å². The van der Waals surface area contributed by atoms with E-state index < -0.39 is 0 Å². The summed E-state index contributed by atoms with van der Waals surface area (Å²) in [6.45, 7) is 0. The van der Waals surface area contributed by atoms with Crippen molar-refractivity contribution in [2.45, 2.75) is 0 Å². The molecule has 50 valence electrons. The van der Waals surface area contributed by atoms with Crippen LogP contribution in [0, 0.1) is 0 Å². The molecule has 1 N–H and O–H groups in total. The lowest BCUT2D eigenvalue weighted by molar-refractivity contribution is 0.474. The first-order valence-corrected chi connectivity index (χ1v) is 2.85. The number of nitrogens with zero attached hydrogens (tertiary/aromatic N) is 3. The van der Waals surface area contributed by atoms with Gasteiger partial charge in [0.05, 0.1) is 17.9 Å². The number of rotatable bonds is 0. The van der Waals surface area contributed by atoms with Gasteiger partial charge in [0, 0.05) is 6.07 Å². The Hall–Kier alpha value is -1.58. The molecule has 0 aliphatic heterocycles. The molecule has 0 fully saturated rings. The summed E-state index contributed by atoms with van der Waals surface area (Å²) in [7, 11) is 0. The van der Waals surface area contributed by atoms with Crippen molar-refractivity contribution >= 4 is 5.52 Å². The van der Waals surface area contributed by atoms with Crippen LogP contribution in [0.2, 0.25) is 0 Å². The van der Waals surface area contributed by atoms with Gasteiger partial charge in [-0.05, 0) is 6.07 Å². The molecule has 2 heterocycles. The summed E-state index contributed by atoms with van der Waals surface area (Å²) in [5, 5.41) is 16.3. The van der Waals surface area contributed by atoms with Crippen molar-refractivity contribution in [1.29, 1.82) is 0 Å². The Labute approximate surface area is 56.7 Å². The van der Waals surface area contributed by atoms with Crippen LogP contribution >= 0.6 is 0 Å². The van der Waals surface area contributed by atoms with E-state index in [1.54, 1.807) is 18.3 Å². The quantitative estimate of drug-likeness (QED) is 0.570. The third-order valence-electron chi connectivity index (χ3n) is 1.27. The van der Waals surface area contributed by atoms with Gasteiger partial charge in [-0.25, -0.2) is 4.52 Å². The maximum absolute atomic E-state index is 8.97. The fourth-order valence-corrected chi connectivity index (χ4v) is 0.852. The Bertz CT molecular complexity index is 322. The normalized spacial score (nSPS) is 10.4. The van der Waals surface area contributed by atoms with Crippen molar-refractivity contribution in [2.75, 3.05) is 0 Å². The van der Waals surface area contributed by atoms with Gasteiger partial charge in [0.25, 0.3) is 0 Å². The highest BCUT2D eigenvalue weighted by atomic mass is 16.3. The van der Waals surface area contributed by atoms with Gasteiger partial charge in [-0.1, -0.05) is 5.21 Å². The molecule has 0 aromatic carbocycles. The molecule has 0 spiro atoms. The van der Waals surface area contributed by atoms with Crippen molar-refractivity contribution in [2.24, 2.45) is 0 Å². The van der Waals surface area contributed by atoms with Crippen LogP contribution in [0.25, 0.3) is 5.52 Å². The second-order valence-corrected chi connectivity index (χ2v) is 1.99. The summed E-state index contributed by atoms with van der Waals surface area (Å²) >= 11 is 0. The Morgan fingerprint density at radius 2 is 2.40 bits per heavy atom. The summed E-state index contributed by atoms with van der Waals surface area (Å²) < 4.78 is 1.51. The minimum absolute atomic E-state index is 0.209. The van der Waals surface area contributed by atoms with E-state index in [1.165, 1.54) is 10.7 Å². The standard InChI is InChI=1S/C6H5N3O/c10-6-3-5-1-2-7-8-9(5)4-6/h1-4,10H. The highest BCUT2D eigenvalue weighted by Gasteiger charge is 1.94. The number of hydrogen-bond donors (Lipinski definition) is 1. The van der Waals surface area contributed by atoms with E-state index in [0.717, 1.165) is 5.52 Å². The third-order valence-corrected chi connectivity index (χ3v) is 1.27. The molecular formula is C6H5N3O. The molecule has 0 atom stereocenters. The minimum Gasteiger partial charge on any atom is -0.506 e. The SMILES string of the molecule is Oc1cc2ccnnn2c1. The summed E-state index contributed by atoms with van der Waals surface area (Å²) in [5.74, 6) is 0.209. The van der Waals surface area contributed by atoms with Gasteiger partial charge in [0.2, 0.25) is 0 Å². The summed E-state index contributed by atoms with van der Waals surface area (Å²) in [6.07, 6.45) is 3.08. The van der Waals surface area contributed by atoms with E-state index in [0.29, 0.717) is 0 Å². The van der Waals surface area contributed by atoms with E-state index in [-0.39, 0.29) is 5.75 Å². The van der Waals surface area contributed by atoms with Crippen LogP contribution in [-0.2, 0) is 0 Å². The van der Waals surface area contributed by atoms with Crippen molar-refractivity contribution in [3.63, 3.8) is 0 Å². The first-order chi connectivity index (χ1) is 4.86. The van der Waals surface area contributed by atoms with Gasteiger partial charge in [0.1, 0.15) is 5.75 Å². The summed E-state index contributed by atoms with van der Waals surface area (Å²) in [4.78, 5) is 0. The molecule has 0 unspecified atom stereocenters. The second kappa shape index (κ2) is 1.70. The lowest BCUT2D eigenvalue weighted by atomic mass is 10.5. The van der Waals surface area contributed by atoms with Gasteiger partial charge >= 0.3 is 0 Å². The van der Waals surface area contributed by atoms with Gasteiger partial charge < -0.3 is 5.11 Å². The number of fused-ring (bicyclic) bond motifs is 1. The van der Waals surface area contributed by atoms with E-state index in [9.17, 15) is 0 Å². The summed E-state index contributed by atoms with van der Waals surface area (Å²) in [6, 6.07) is 3.39. The molecule has 0 saturated carbocycles. The molecule has 0 aliphatic rings. The molecule has 0 amide bonds. The zero-order valence-electron chi connectivity index (χ0n) is 5.10. The van der Waals surface area contributed by atoms with Crippen LogP contribution in [-0.4, -0.2) is 19.9 Å². The van der Waals surface area contributed by atoms with Crippen LogP contribution in [0.1, 0.15) is 0 Å². The average molecular weight is 135 g/mol. The van der Waals surface area contributed by atoms with Crippen LogP contribution in [0.4, 0.5) is 0 Å². The highest BCUT2D eigenvalue weighted by Crippen LogP contribution is 2.11. The fourth-order valence-electron chi connectivity index (χ4n) is 0.852. The topological polar surface area (TPSA) is 50.4 Å². The molecule has 0 radical (unpaired) electrons. The van der Waals surface area contributed by atoms with Crippen molar-refractivity contribution in [3.05, 3.63) is 24.5 Å². The van der Waals surface area contributed by atoms with Crippen LogP contribution in [0.3, 0.4) is 0 Å². The van der Waals surface area contributed by atoms with Crippen molar-refractivity contribution < 1.29 is 5.11 Å². The van der Waals surface area contributed by atoms with Crippen molar-refractivity contribution in [3.8, 4) is 5.75 Å². The zero-order chi connectivity index (χ0) is 6.97. The molecule has 4 nitrogen and oxygen atoms in total. The predicted octanol–water partition coefficient (Wildman–Crippen LogP) is 0.435. The third kappa shape index (κ3) is 0.621. The van der Waals surface area contributed by atoms with Crippen LogP contribution in [0.5, 0.6) is 5.75 Å². The highest BCUT2D eigenvalue weighted by molar-refractivity contribution is 5.49. The molecule has 2 aromatic heterocycles. The molecule has 4 heteroatoms. The Morgan fingerprint density at radius 1 is 1.50 bits per heavy atom. The van der Waals surface area contributed by atoms with Gasteiger partial charge in [-0.15, -0.1) is 5.10 Å². The minimum atomic E-state index is 0.209. The lowest BCUT2D eigenvalue weighted by Gasteiger charge is -1.85. The average Bonchev–Trinajstić information content (AvgIpc) is 2.27. The maximum atomic E-state index is 8.97. The molecule has 2 rings (SSSR count). The molecule has 2 aromatic rings. The fraction of sp³-hybridized carbons (Fsp3) is 0. The second-order valence-electron chi connectivity index (χ2n) is 1.99. The molecular weight excluding hydrogens is 130 g/mol.